The smallest absolute Gasteiger partial charge is 0.261 e. The summed E-state index contributed by atoms with van der Waals surface area (Å²) in [5.41, 5.74) is 2.08. The molecule has 0 aliphatic rings. The molecule has 0 aliphatic carbocycles. The summed E-state index contributed by atoms with van der Waals surface area (Å²) in [6.45, 7) is 4.08. The Labute approximate surface area is 116 Å². The van der Waals surface area contributed by atoms with Crippen LogP contribution in [0.2, 0.25) is 5.28 Å². The van der Waals surface area contributed by atoms with E-state index < -0.39 is 0 Å². The lowest BCUT2D eigenvalue weighted by atomic mass is 10.1. The molecule has 4 nitrogen and oxygen atoms in total. The Kier molecular flexibility index (Phi) is 4.36. The largest absolute Gasteiger partial charge is 0.490 e. The molecule has 98 valence electrons. The summed E-state index contributed by atoms with van der Waals surface area (Å²) < 4.78 is 10.7. The molecule has 2 rings (SSSR count). The Morgan fingerprint density at radius 3 is 2.68 bits per heavy atom. The molecule has 0 fully saturated rings. The van der Waals surface area contributed by atoms with Gasteiger partial charge in [0.05, 0.1) is 13.3 Å². The number of halogens is 1. The highest BCUT2D eigenvalue weighted by Crippen LogP contribution is 2.25. The Morgan fingerprint density at radius 1 is 1.32 bits per heavy atom. The molecule has 19 heavy (non-hydrogen) atoms. The maximum atomic E-state index is 5.73. The molecular formula is C14H13ClN2O2. The SMILES string of the molecule is C=Cc1ccc(COc2nc(Cl)ncc2OC)cc1. The summed E-state index contributed by atoms with van der Waals surface area (Å²) in [7, 11) is 1.53. The monoisotopic (exact) mass is 276 g/mol. The third-order valence-electron chi connectivity index (χ3n) is 2.50. The predicted molar refractivity (Wildman–Crippen MR) is 74.5 cm³/mol. The Morgan fingerprint density at radius 2 is 2.05 bits per heavy atom. The quantitative estimate of drug-likeness (QED) is 0.786. The van der Waals surface area contributed by atoms with Crippen LogP contribution in [0.5, 0.6) is 11.6 Å². The van der Waals surface area contributed by atoms with Crippen molar-refractivity contribution in [1.29, 1.82) is 0 Å². The molecule has 0 aliphatic heterocycles. The molecule has 1 aromatic heterocycles. The second kappa shape index (κ2) is 6.20. The topological polar surface area (TPSA) is 44.2 Å². The number of hydrogen-bond donors (Lipinski definition) is 0. The van der Waals surface area contributed by atoms with Crippen LogP contribution in [0.15, 0.2) is 37.0 Å². The van der Waals surface area contributed by atoms with Crippen LogP contribution < -0.4 is 9.47 Å². The first kappa shape index (κ1) is 13.4. The number of rotatable bonds is 5. The molecule has 1 aromatic carbocycles. The number of methoxy groups -OCH3 is 1. The van der Waals surface area contributed by atoms with Crippen molar-refractivity contribution in [3.8, 4) is 11.6 Å². The van der Waals surface area contributed by atoms with Crippen molar-refractivity contribution in [3.63, 3.8) is 0 Å². The van der Waals surface area contributed by atoms with E-state index in [2.05, 4.69) is 16.5 Å². The maximum Gasteiger partial charge on any atom is 0.261 e. The standard InChI is InChI=1S/C14H13ClN2O2/c1-3-10-4-6-11(7-5-10)9-19-13-12(18-2)8-16-14(15)17-13/h3-8H,1,9H2,2H3. The Hall–Kier alpha value is -2.07. The van der Waals surface area contributed by atoms with Crippen LogP contribution in [0.1, 0.15) is 11.1 Å². The fourth-order valence-corrected chi connectivity index (χ4v) is 1.61. The van der Waals surface area contributed by atoms with Gasteiger partial charge in [-0.2, -0.15) is 4.98 Å². The van der Waals surface area contributed by atoms with E-state index in [1.165, 1.54) is 13.3 Å². The number of hydrogen-bond acceptors (Lipinski definition) is 4. The highest BCUT2D eigenvalue weighted by molar-refractivity contribution is 6.28. The van der Waals surface area contributed by atoms with Crippen LogP contribution in [0.3, 0.4) is 0 Å². The van der Waals surface area contributed by atoms with E-state index in [1.54, 1.807) is 6.08 Å². The molecule has 0 saturated carbocycles. The van der Waals surface area contributed by atoms with Gasteiger partial charge in [0.2, 0.25) is 5.28 Å². The van der Waals surface area contributed by atoms with Gasteiger partial charge in [-0.05, 0) is 22.7 Å². The van der Waals surface area contributed by atoms with Crippen molar-refractivity contribution >= 4 is 17.7 Å². The predicted octanol–water partition coefficient (Wildman–Crippen LogP) is 3.36. The molecule has 0 radical (unpaired) electrons. The van der Waals surface area contributed by atoms with Gasteiger partial charge in [0.25, 0.3) is 5.88 Å². The first-order valence-corrected chi connectivity index (χ1v) is 6.01. The van der Waals surface area contributed by atoms with E-state index in [4.69, 9.17) is 21.1 Å². The minimum absolute atomic E-state index is 0.123. The van der Waals surface area contributed by atoms with Crippen molar-refractivity contribution in [2.24, 2.45) is 0 Å². The second-order valence-electron chi connectivity index (χ2n) is 3.75. The first-order chi connectivity index (χ1) is 9.22. The van der Waals surface area contributed by atoms with Gasteiger partial charge in [-0.25, -0.2) is 4.98 Å². The van der Waals surface area contributed by atoms with Crippen molar-refractivity contribution in [2.45, 2.75) is 6.61 Å². The molecule has 0 atom stereocenters. The summed E-state index contributed by atoms with van der Waals surface area (Å²) in [6, 6.07) is 7.87. The van der Waals surface area contributed by atoms with Gasteiger partial charge in [-0.15, -0.1) is 0 Å². The van der Waals surface area contributed by atoms with Crippen LogP contribution in [0, 0.1) is 0 Å². The highest BCUT2D eigenvalue weighted by atomic mass is 35.5. The molecule has 0 spiro atoms. The van der Waals surface area contributed by atoms with Gasteiger partial charge in [0.15, 0.2) is 5.75 Å². The average molecular weight is 277 g/mol. The average Bonchev–Trinajstić information content (AvgIpc) is 2.46. The lowest BCUT2D eigenvalue weighted by Crippen LogP contribution is -2.00. The normalized spacial score (nSPS) is 10.0. The van der Waals surface area contributed by atoms with E-state index in [1.807, 2.05) is 24.3 Å². The fourth-order valence-electron chi connectivity index (χ4n) is 1.48. The summed E-state index contributed by atoms with van der Waals surface area (Å²) in [5, 5.41) is 0.123. The molecule has 5 heteroatoms. The molecule has 0 amide bonds. The summed E-state index contributed by atoms with van der Waals surface area (Å²) in [4.78, 5) is 7.81. The molecular weight excluding hydrogens is 264 g/mol. The van der Waals surface area contributed by atoms with E-state index in [0.29, 0.717) is 18.2 Å². The molecule has 0 saturated heterocycles. The zero-order valence-corrected chi connectivity index (χ0v) is 11.2. The van der Waals surface area contributed by atoms with Gasteiger partial charge < -0.3 is 9.47 Å². The van der Waals surface area contributed by atoms with E-state index in [-0.39, 0.29) is 5.28 Å². The van der Waals surface area contributed by atoms with Crippen molar-refractivity contribution < 1.29 is 9.47 Å². The molecule has 2 aromatic rings. The lowest BCUT2D eigenvalue weighted by molar-refractivity contribution is 0.271. The first-order valence-electron chi connectivity index (χ1n) is 5.63. The van der Waals surface area contributed by atoms with E-state index in [9.17, 15) is 0 Å². The third-order valence-corrected chi connectivity index (χ3v) is 2.69. The molecule has 0 unspecified atom stereocenters. The fraction of sp³-hybridized carbons (Fsp3) is 0.143. The van der Waals surface area contributed by atoms with Crippen LogP contribution in [0.25, 0.3) is 6.08 Å². The van der Waals surface area contributed by atoms with E-state index in [0.717, 1.165) is 11.1 Å². The highest BCUT2D eigenvalue weighted by Gasteiger charge is 2.08. The summed E-state index contributed by atoms with van der Waals surface area (Å²) in [5.74, 6) is 0.780. The van der Waals surface area contributed by atoms with Gasteiger partial charge >= 0.3 is 0 Å². The molecule has 0 bridgehead atoms. The molecule has 1 heterocycles. The lowest BCUT2D eigenvalue weighted by Gasteiger charge is -2.09. The van der Waals surface area contributed by atoms with Crippen LogP contribution in [0.4, 0.5) is 0 Å². The number of ether oxygens (including phenoxy) is 2. The minimum atomic E-state index is 0.123. The number of benzene rings is 1. The van der Waals surface area contributed by atoms with Gasteiger partial charge in [0.1, 0.15) is 6.61 Å². The van der Waals surface area contributed by atoms with Gasteiger partial charge in [-0.1, -0.05) is 36.9 Å². The van der Waals surface area contributed by atoms with Gasteiger partial charge in [0, 0.05) is 0 Å². The second-order valence-corrected chi connectivity index (χ2v) is 4.09. The van der Waals surface area contributed by atoms with E-state index >= 15 is 0 Å². The summed E-state index contributed by atoms with van der Waals surface area (Å²) >= 11 is 5.73. The van der Waals surface area contributed by atoms with Crippen LogP contribution in [-0.2, 0) is 6.61 Å². The maximum absolute atomic E-state index is 5.73. The van der Waals surface area contributed by atoms with Gasteiger partial charge in [-0.3, -0.25) is 0 Å². The third kappa shape index (κ3) is 3.45. The minimum Gasteiger partial charge on any atom is -0.490 e. The Balaban J connectivity index is 2.09. The molecule has 0 N–H and O–H groups in total. The number of aromatic nitrogens is 2. The van der Waals surface area contributed by atoms with Crippen LogP contribution in [-0.4, -0.2) is 17.1 Å². The zero-order valence-electron chi connectivity index (χ0n) is 10.5. The Bertz CT molecular complexity index is 570. The summed E-state index contributed by atoms with van der Waals surface area (Å²) in [6.07, 6.45) is 3.27. The van der Waals surface area contributed by atoms with Crippen molar-refractivity contribution in [2.75, 3.05) is 7.11 Å². The number of nitrogens with zero attached hydrogens (tertiary/aromatic N) is 2. The van der Waals surface area contributed by atoms with Crippen molar-refractivity contribution in [1.82, 2.24) is 9.97 Å². The van der Waals surface area contributed by atoms with Crippen molar-refractivity contribution in [3.05, 3.63) is 53.5 Å². The zero-order chi connectivity index (χ0) is 13.7. The van der Waals surface area contributed by atoms with Crippen LogP contribution >= 0.6 is 11.6 Å².